The zero-order valence-electron chi connectivity index (χ0n) is 19.4. The van der Waals surface area contributed by atoms with E-state index in [1.54, 1.807) is 0 Å². The van der Waals surface area contributed by atoms with E-state index in [4.69, 9.17) is 9.97 Å². The topological polar surface area (TPSA) is 50.9 Å². The van der Waals surface area contributed by atoms with Crippen molar-refractivity contribution in [1.82, 2.24) is 14.5 Å². The summed E-state index contributed by atoms with van der Waals surface area (Å²) >= 11 is 1.84. The molecule has 1 N–H and O–H groups in total. The number of imidazole rings is 1. The van der Waals surface area contributed by atoms with Gasteiger partial charge >= 0.3 is 0 Å². The highest BCUT2D eigenvalue weighted by atomic mass is 32.1. The summed E-state index contributed by atoms with van der Waals surface area (Å²) < 4.78 is 2.27. The monoisotopic (exact) mass is 457 g/mol. The fourth-order valence-electron chi connectivity index (χ4n) is 6.14. The highest BCUT2D eigenvalue weighted by Crippen LogP contribution is 2.42. The van der Waals surface area contributed by atoms with Gasteiger partial charge in [0.1, 0.15) is 5.82 Å². The molecule has 0 amide bonds. The predicted octanol–water partition coefficient (Wildman–Crippen LogP) is 6.11. The van der Waals surface area contributed by atoms with Crippen molar-refractivity contribution in [3.63, 3.8) is 0 Å². The van der Waals surface area contributed by atoms with E-state index in [1.165, 1.54) is 28.1 Å². The lowest BCUT2D eigenvalue weighted by atomic mass is 9.91. The maximum absolute atomic E-state index is 10.8. The van der Waals surface area contributed by atoms with Crippen molar-refractivity contribution in [2.45, 2.75) is 57.5 Å². The third-order valence-electron chi connectivity index (χ3n) is 7.81. The Kier molecular flexibility index (Phi) is 5.34. The molecule has 4 atom stereocenters. The lowest BCUT2D eigenvalue weighted by Gasteiger charge is -2.18. The number of hydrogen-bond acceptors (Lipinski definition) is 4. The van der Waals surface area contributed by atoms with Gasteiger partial charge in [0.2, 0.25) is 0 Å². The minimum absolute atomic E-state index is 0.320. The van der Waals surface area contributed by atoms with Crippen LogP contribution in [0.2, 0.25) is 0 Å². The third kappa shape index (κ3) is 3.81. The summed E-state index contributed by atoms with van der Waals surface area (Å²) in [5, 5.41) is 12.0. The molecule has 170 valence electrons. The smallest absolute Gasteiger partial charge is 0.118 e. The molecule has 2 aliphatic carbocycles. The molecule has 0 bridgehead atoms. The normalized spacial score (nSPS) is 23.3. The van der Waals surface area contributed by atoms with Gasteiger partial charge in [0, 0.05) is 11.9 Å². The maximum atomic E-state index is 10.8. The number of hydrogen-bond donors (Lipinski definition) is 1. The van der Waals surface area contributed by atoms with Crippen LogP contribution in [0.5, 0.6) is 0 Å². The van der Waals surface area contributed by atoms with Crippen LogP contribution in [-0.4, -0.2) is 19.6 Å². The van der Waals surface area contributed by atoms with Crippen LogP contribution in [0.25, 0.3) is 11.0 Å². The molecule has 2 aromatic carbocycles. The molecule has 6 rings (SSSR count). The average Bonchev–Trinajstić information content (AvgIpc) is 3.58. The second-order valence-corrected chi connectivity index (χ2v) is 11.3. The maximum Gasteiger partial charge on any atom is 0.118 e. The molecule has 5 heteroatoms. The van der Waals surface area contributed by atoms with Crippen molar-refractivity contribution in [3.8, 4) is 0 Å². The Morgan fingerprint density at radius 1 is 1.09 bits per heavy atom. The van der Waals surface area contributed by atoms with Gasteiger partial charge in [-0.2, -0.15) is 0 Å². The summed E-state index contributed by atoms with van der Waals surface area (Å²) in [7, 11) is 2.15. The van der Waals surface area contributed by atoms with Crippen LogP contribution in [0.1, 0.15) is 70.2 Å². The summed E-state index contributed by atoms with van der Waals surface area (Å²) in [6.45, 7) is 2.10. The fourth-order valence-corrected chi connectivity index (χ4v) is 7.16. The molecule has 4 nitrogen and oxygen atoms in total. The molecule has 4 aromatic rings. The minimum atomic E-state index is -0.345. The molecule has 1 fully saturated rings. The van der Waals surface area contributed by atoms with Gasteiger partial charge in [0.25, 0.3) is 0 Å². The Hall–Kier alpha value is -2.50. The van der Waals surface area contributed by atoms with E-state index in [1.807, 2.05) is 41.7 Å². The van der Waals surface area contributed by atoms with Gasteiger partial charge < -0.3 is 9.67 Å². The number of rotatable bonds is 5. The Labute approximate surface area is 199 Å². The second-order valence-electron chi connectivity index (χ2n) is 9.98. The standard InChI is InChI=1S/C28H31N3OS/c1-17-29-26-22(11-13-25(26)33-17)28-30-23-16-19(9-12-24(23)31(28)2)14-18-8-10-21(15-18)27(32)20-6-4-3-5-7-20/h3-7,9,12,16,18,21-22,27,32H,8,10-11,13-15H2,1-2H3/t18?,21-,22-,27+/m0/s1. The molecular formula is C28H31N3OS. The van der Waals surface area contributed by atoms with Crippen LogP contribution in [0.3, 0.4) is 0 Å². The molecule has 2 heterocycles. The summed E-state index contributed by atoms with van der Waals surface area (Å²) in [6.07, 6.45) is 6.35. The van der Waals surface area contributed by atoms with Gasteiger partial charge in [-0.3, -0.25) is 0 Å². The predicted molar refractivity (Wildman–Crippen MR) is 134 cm³/mol. The number of aromatic nitrogens is 3. The van der Waals surface area contributed by atoms with Gasteiger partial charge in [-0.1, -0.05) is 36.4 Å². The molecular weight excluding hydrogens is 426 g/mol. The van der Waals surface area contributed by atoms with E-state index in [9.17, 15) is 5.11 Å². The summed E-state index contributed by atoms with van der Waals surface area (Å²) in [5.74, 6) is 2.46. The van der Waals surface area contributed by atoms with Crippen LogP contribution >= 0.6 is 11.3 Å². The summed E-state index contributed by atoms with van der Waals surface area (Å²) in [5.41, 5.74) is 5.98. The van der Waals surface area contributed by atoms with E-state index in [2.05, 4.69) is 36.7 Å². The number of nitrogens with zero attached hydrogens (tertiary/aromatic N) is 3. The molecule has 0 saturated heterocycles. The van der Waals surface area contributed by atoms with Gasteiger partial charge in [-0.05, 0) is 80.5 Å². The molecule has 2 aliphatic rings. The average molecular weight is 458 g/mol. The zero-order chi connectivity index (χ0) is 22.5. The SMILES string of the molecule is Cc1nc2c(s1)CC[C@@H]2c1nc2cc(CC3CC[C@H]([C@H](O)c4ccccc4)C3)ccc2n1C. The molecule has 1 saturated carbocycles. The van der Waals surface area contributed by atoms with Gasteiger partial charge in [-0.15, -0.1) is 11.3 Å². The lowest BCUT2D eigenvalue weighted by molar-refractivity contribution is 0.109. The van der Waals surface area contributed by atoms with E-state index in [0.29, 0.717) is 17.8 Å². The first kappa shape index (κ1) is 21.1. The van der Waals surface area contributed by atoms with Crippen molar-refractivity contribution in [2.75, 3.05) is 0 Å². The van der Waals surface area contributed by atoms with Crippen LogP contribution in [-0.2, 0) is 19.9 Å². The van der Waals surface area contributed by atoms with Crippen molar-refractivity contribution < 1.29 is 5.11 Å². The molecule has 0 spiro atoms. The third-order valence-corrected chi connectivity index (χ3v) is 8.86. The van der Waals surface area contributed by atoms with E-state index in [-0.39, 0.29) is 6.10 Å². The number of aryl methyl sites for hydroxylation is 3. The fraction of sp³-hybridized carbons (Fsp3) is 0.429. The highest BCUT2D eigenvalue weighted by molar-refractivity contribution is 7.11. The van der Waals surface area contributed by atoms with E-state index in [0.717, 1.165) is 54.0 Å². The molecule has 2 aromatic heterocycles. The van der Waals surface area contributed by atoms with Crippen molar-refractivity contribution in [2.24, 2.45) is 18.9 Å². The Bertz CT molecular complexity index is 1290. The second kappa shape index (κ2) is 8.37. The largest absolute Gasteiger partial charge is 0.388 e. The highest BCUT2D eigenvalue weighted by Gasteiger charge is 2.32. The number of aliphatic hydroxyl groups excluding tert-OH is 1. The molecule has 1 unspecified atom stereocenters. The van der Waals surface area contributed by atoms with Crippen molar-refractivity contribution in [1.29, 1.82) is 0 Å². The van der Waals surface area contributed by atoms with Crippen LogP contribution in [0, 0.1) is 18.8 Å². The quantitative estimate of drug-likeness (QED) is 0.393. The number of benzene rings is 2. The van der Waals surface area contributed by atoms with E-state index >= 15 is 0 Å². The number of aliphatic hydroxyl groups is 1. The Morgan fingerprint density at radius 2 is 1.94 bits per heavy atom. The molecule has 33 heavy (non-hydrogen) atoms. The lowest BCUT2D eigenvalue weighted by Crippen LogP contribution is -2.10. The van der Waals surface area contributed by atoms with Crippen LogP contribution in [0.4, 0.5) is 0 Å². The van der Waals surface area contributed by atoms with Crippen molar-refractivity contribution >= 4 is 22.4 Å². The summed E-state index contributed by atoms with van der Waals surface area (Å²) in [6, 6.07) is 17.0. The Balaban J connectivity index is 1.19. The summed E-state index contributed by atoms with van der Waals surface area (Å²) in [4.78, 5) is 11.4. The van der Waals surface area contributed by atoms with Gasteiger partial charge in [0.05, 0.1) is 33.8 Å². The first-order valence-corrected chi connectivity index (χ1v) is 13.0. The zero-order valence-corrected chi connectivity index (χ0v) is 20.2. The number of fused-ring (bicyclic) bond motifs is 2. The first-order valence-electron chi connectivity index (χ1n) is 12.2. The van der Waals surface area contributed by atoms with Gasteiger partial charge in [-0.25, -0.2) is 9.97 Å². The molecule has 0 aliphatic heterocycles. The minimum Gasteiger partial charge on any atom is -0.388 e. The number of thiazole rings is 1. The Morgan fingerprint density at radius 3 is 2.79 bits per heavy atom. The molecule has 0 radical (unpaired) electrons. The van der Waals surface area contributed by atoms with Gasteiger partial charge in [0.15, 0.2) is 0 Å². The first-order chi connectivity index (χ1) is 16.1. The van der Waals surface area contributed by atoms with Crippen LogP contribution in [0.15, 0.2) is 48.5 Å². The van der Waals surface area contributed by atoms with Crippen LogP contribution < -0.4 is 0 Å². The van der Waals surface area contributed by atoms with E-state index < -0.39 is 0 Å². The van der Waals surface area contributed by atoms with Crippen molar-refractivity contribution in [3.05, 3.63) is 81.1 Å².